The average molecular weight is 347 g/mol. The number of hydrogen-bond acceptors (Lipinski definition) is 3. The second-order valence-electron chi connectivity index (χ2n) is 7.63. The van der Waals surface area contributed by atoms with Crippen molar-refractivity contribution in [2.45, 2.75) is 32.2 Å². The van der Waals surface area contributed by atoms with Gasteiger partial charge in [-0.15, -0.1) is 0 Å². The zero-order chi connectivity index (χ0) is 17.6. The number of likely N-dealkylation sites (tertiary alicyclic amines) is 2. The maximum absolute atomic E-state index is 13.0. The molecule has 1 unspecified atom stereocenters. The fraction of sp³-hybridized carbons (Fsp3) is 0.650. The number of piperidine rings is 1. The normalized spacial score (nSPS) is 22.2. The van der Waals surface area contributed by atoms with Gasteiger partial charge in [0.05, 0.1) is 6.54 Å². The van der Waals surface area contributed by atoms with E-state index >= 15 is 0 Å². The number of benzene rings is 1. The van der Waals surface area contributed by atoms with Crippen molar-refractivity contribution >= 4 is 5.91 Å². The van der Waals surface area contributed by atoms with Crippen LogP contribution in [0.4, 0.5) is 4.39 Å². The minimum absolute atomic E-state index is 0.142. The summed E-state index contributed by atoms with van der Waals surface area (Å²) in [4.78, 5) is 19.1. The molecule has 2 fully saturated rings. The Balaban J connectivity index is 1.41. The van der Waals surface area contributed by atoms with Crippen LogP contribution in [-0.4, -0.2) is 66.9 Å². The lowest BCUT2D eigenvalue weighted by Crippen LogP contribution is -2.38. The van der Waals surface area contributed by atoms with Crippen LogP contribution in [-0.2, 0) is 11.3 Å². The molecule has 2 heterocycles. The molecule has 25 heavy (non-hydrogen) atoms. The summed E-state index contributed by atoms with van der Waals surface area (Å²) in [5, 5.41) is 0. The van der Waals surface area contributed by atoms with Crippen LogP contribution < -0.4 is 0 Å². The van der Waals surface area contributed by atoms with Crippen LogP contribution >= 0.6 is 0 Å². The number of amides is 1. The first kappa shape index (κ1) is 18.3. The SMILES string of the molecule is CN(Cc1ccc(F)cc1)C(=O)CN1CCC(CN2CCCCC2)C1. The molecule has 138 valence electrons. The highest BCUT2D eigenvalue weighted by atomic mass is 19.1. The number of likely N-dealkylation sites (N-methyl/N-ethyl adjacent to an activating group) is 1. The summed E-state index contributed by atoms with van der Waals surface area (Å²) >= 11 is 0. The summed E-state index contributed by atoms with van der Waals surface area (Å²) in [5.41, 5.74) is 0.960. The molecule has 0 aromatic heterocycles. The first-order valence-electron chi connectivity index (χ1n) is 9.53. The molecule has 0 radical (unpaired) electrons. The molecule has 0 bridgehead atoms. The Kier molecular flexibility index (Phi) is 6.43. The molecule has 0 N–H and O–H groups in total. The number of carbonyl (C=O) groups is 1. The van der Waals surface area contributed by atoms with Crippen LogP contribution in [0.5, 0.6) is 0 Å². The van der Waals surface area contributed by atoms with Crippen molar-refractivity contribution in [3.05, 3.63) is 35.6 Å². The molecule has 2 saturated heterocycles. The van der Waals surface area contributed by atoms with E-state index in [2.05, 4.69) is 9.80 Å². The lowest BCUT2D eigenvalue weighted by atomic mass is 10.1. The Bertz CT molecular complexity index is 557. The maximum atomic E-state index is 13.0. The Hall–Kier alpha value is -1.46. The van der Waals surface area contributed by atoms with Crippen molar-refractivity contribution in [2.75, 3.05) is 46.3 Å². The molecule has 1 aromatic carbocycles. The number of rotatable bonds is 6. The molecule has 2 aliphatic rings. The standard InChI is InChI=1S/C20H30FN3O/c1-22(13-17-5-7-19(21)8-6-17)20(25)16-24-12-9-18(15-24)14-23-10-3-2-4-11-23/h5-8,18H,2-4,9-16H2,1H3. The third kappa shape index (κ3) is 5.51. The van der Waals surface area contributed by atoms with Crippen molar-refractivity contribution in [3.63, 3.8) is 0 Å². The van der Waals surface area contributed by atoms with Crippen LogP contribution in [0.2, 0.25) is 0 Å². The van der Waals surface area contributed by atoms with Gasteiger partial charge in [-0.1, -0.05) is 18.6 Å². The lowest BCUT2D eigenvalue weighted by molar-refractivity contribution is -0.131. The van der Waals surface area contributed by atoms with Crippen LogP contribution in [0.25, 0.3) is 0 Å². The van der Waals surface area contributed by atoms with Gasteiger partial charge in [0.15, 0.2) is 0 Å². The minimum Gasteiger partial charge on any atom is -0.340 e. The molecule has 4 nitrogen and oxygen atoms in total. The lowest BCUT2D eigenvalue weighted by Gasteiger charge is -2.29. The van der Waals surface area contributed by atoms with E-state index in [1.54, 1.807) is 17.0 Å². The quantitative estimate of drug-likeness (QED) is 0.791. The molecule has 3 rings (SSSR count). The van der Waals surface area contributed by atoms with E-state index in [1.165, 1.54) is 57.5 Å². The van der Waals surface area contributed by atoms with E-state index in [-0.39, 0.29) is 11.7 Å². The average Bonchev–Trinajstić information content (AvgIpc) is 3.04. The van der Waals surface area contributed by atoms with Gasteiger partial charge in [-0.25, -0.2) is 4.39 Å². The smallest absolute Gasteiger partial charge is 0.236 e. The van der Waals surface area contributed by atoms with Crippen molar-refractivity contribution in [2.24, 2.45) is 5.92 Å². The first-order chi connectivity index (χ1) is 12.1. The summed E-state index contributed by atoms with van der Waals surface area (Å²) in [5.74, 6) is 0.603. The second kappa shape index (κ2) is 8.77. The Morgan fingerprint density at radius 2 is 1.84 bits per heavy atom. The van der Waals surface area contributed by atoms with Crippen molar-refractivity contribution in [3.8, 4) is 0 Å². The Labute approximate surface area is 150 Å². The summed E-state index contributed by atoms with van der Waals surface area (Å²) < 4.78 is 13.0. The van der Waals surface area contributed by atoms with Gasteiger partial charge in [-0.05, 0) is 62.5 Å². The van der Waals surface area contributed by atoms with Gasteiger partial charge < -0.3 is 9.80 Å². The molecule has 0 spiro atoms. The molecular formula is C20H30FN3O. The topological polar surface area (TPSA) is 26.8 Å². The largest absolute Gasteiger partial charge is 0.340 e. The molecule has 0 saturated carbocycles. The first-order valence-corrected chi connectivity index (χ1v) is 9.53. The van der Waals surface area contributed by atoms with Crippen molar-refractivity contribution < 1.29 is 9.18 Å². The highest BCUT2D eigenvalue weighted by Crippen LogP contribution is 2.20. The number of halogens is 1. The Morgan fingerprint density at radius 3 is 2.56 bits per heavy atom. The van der Waals surface area contributed by atoms with Gasteiger partial charge in [0.2, 0.25) is 5.91 Å². The van der Waals surface area contributed by atoms with E-state index in [1.807, 2.05) is 7.05 Å². The zero-order valence-corrected chi connectivity index (χ0v) is 15.3. The Morgan fingerprint density at radius 1 is 1.12 bits per heavy atom. The fourth-order valence-corrected chi connectivity index (χ4v) is 3.98. The zero-order valence-electron chi connectivity index (χ0n) is 15.3. The van der Waals surface area contributed by atoms with Crippen molar-refractivity contribution in [1.82, 2.24) is 14.7 Å². The number of nitrogens with zero attached hydrogens (tertiary/aromatic N) is 3. The second-order valence-corrected chi connectivity index (χ2v) is 7.63. The highest BCUT2D eigenvalue weighted by Gasteiger charge is 2.26. The predicted octanol–water partition coefficient (Wildman–Crippen LogP) is 2.59. The van der Waals surface area contributed by atoms with Gasteiger partial charge in [0, 0.05) is 26.7 Å². The number of hydrogen-bond donors (Lipinski definition) is 0. The van der Waals surface area contributed by atoms with Gasteiger partial charge in [-0.2, -0.15) is 0 Å². The monoisotopic (exact) mass is 347 g/mol. The van der Waals surface area contributed by atoms with E-state index < -0.39 is 0 Å². The third-order valence-corrected chi connectivity index (χ3v) is 5.45. The van der Waals surface area contributed by atoms with E-state index in [9.17, 15) is 9.18 Å². The highest BCUT2D eigenvalue weighted by molar-refractivity contribution is 5.78. The molecule has 2 aliphatic heterocycles. The van der Waals surface area contributed by atoms with Gasteiger partial charge in [0.25, 0.3) is 0 Å². The molecule has 0 aliphatic carbocycles. The van der Waals surface area contributed by atoms with E-state index in [0.29, 0.717) is 19.0 Å². The molecule has 1 atom stereocenters. The van der Waals surface area contributed by atoms with Gasteiger partial charge in [0.1, 0.15) is 5.82 Å². The van der Waals surface area contributed by atoms with Crippen LogP contribution in [0, 0.1) is 11.7 Å². The molecular weight excluding hydrogens is 317 g/mol. The molecule has 1 aromatic rings. The van der Waals surface area contributed by atoms with Gasteiger partial charge >= 0.3 is 0 Å². The minimum atomic E-state index is -0.241. The van der Waals surface area contributed by atoms with Crippen LogP contribution in [0.3, 0.4) is 0 Å². The fourth-order valence-electron chi connectivity index (χ4n) is 3.98. The van der Waals surface area contributed by atoms with Crippen LogP contribution in [0.1, 0.15) is 31.2 Å². The summed E-state index contributed by atoms with van der Waals surface area (Å²) in [6.07, 6.45) is 5.25. The predicted molar refractivity (Wildman–Crippen MR) is 97.7 cm³/mol. The summed E-state index contributed by atoms with van der Waals surface area (Å²) in [6, 6.07) is 6.37. The third-order valence-electron chi connectivity index (χ3n) is 5.45. The summed E-state index contributed by atoms with van der Waals surface area (Å²) in [6.45, 7) is 6.77. The summed E-state index contributed by atoms with van der Waals surface area (Å²) in [7, 11) is 1.83. The van der Waals surface area contributed by atoms with E-state index in [0.717, 1.165) is 18.7 Å². The molecule has 1 amide bonds. The van der Waals surface area contributed by atoms with Crippen LogP contribution in [0.15, 0.2) is 24.3 Å². The van der Waals surface area contributed by atoms with Crippen molar-refractivity contribution in [1.29, 1.82) is 0 Å². The molecule has 5 heteroatoms. The number of carbonyl (C=O) groups excluding carboxylic acids is 1. The maximum Gasteiger partial charge on any atom is 0.236 e. The van der Waals surface area contributed by atoms with E-state index in [4.69, 9.17) is 0 Å². The van der Waals surface area contributed by atoms with Gasteiger partial charge in [-0.3, -0.25) is 9.69 Å².